The average Bonchev–Trinajstić information content (AvgIpc) is 2.58. The fourth-order valence-electron chi connectivity index (χ4n) is 2.96. The maximum absolute atomic E-state index is 12.3. The smallest absolute Gasteiger partial charge is 0.269 e. The van der Waals surface area contributed by atoms with Crippen LogP contribution in [0.3, 0.4) is 0 Å². The normalized spacial score (nSPS) is 19.0. The van der Waals surface area contributed by atoms with Crippen molar-refractivity contribution < 1.29 is 18.0 Å². The first-order valence-corrected chi connectivity index (χ1v) is 10.5. The molecule has 0 unspecified atom stereocenters. The van der Waals surface area contributed by atoms with Gasteiger partial charge in [0.15, 0.2) is 0 Å². The number of piperidine rings is 1. The highest BCUT2D eigenvalue weighted by atomic mass is 32.2. The summed E-state index contributed by atoms with van der Waals surface area (Å²) in [5.74, 6) is -0.963. The van der Waals surface area contributed by atoms with Gasteiger partial charge in [0, 0.05) is 12.1 Å². The molecule has 144 valence electrons. The molecule has 1 fully saturated rings. The van der Waals surface area contributed by atoms with Crippen molar-refractivity contribution >= 4 is 21.8 Å². The average molecular weight is 381 g/mol. The van der Waals surface area contributed by atoms with Gasteiger partial charge in [-0.25, -0.2) is 8.42 Å². The van der Waals surface area contributed by atoms with Crippen molar-refractivity contribution in [3.8, 4) is 0 Å². The first kappa shape index (κ1) is 20.4. The van der Waals surface area contributed by atoms with Crippen molar-refractivity contribution in [2.24, 2.45) is 0 Å². The highest BCUT2D eigenvalue weighted by molar-refractivity contribution is 7.88. The molecule has 0 bridgehead atoms. The molecule has 1 aliphatic heterocycles. The van der Waals surface area contributed by atoms with Gasteiger partial charge in [0.2, 0.25) is 10.0 Å². The highest BCUT2D eigenvalue weighted by Crippen LogP contribution is 2.22. The molecule has 1 aromatic carbocycles. The Hall–Kier alpha value is -1.93. The van der Waals surface area contributed by atoms with Crippen LogP contribution >= 0.6 is 0 Å². The number of hydrogen-bond donors (Lipinski definition) is 2. The van der Waals surface area contributed by atoms with E-state index in [9.17, 15) is 18.0 Å². The highest BCUT2D eigenvalue weighted by Gasteiger charge is 2.34. The van der Waals surface area contributed by atoms with Gasteiger partial charge in [-0.05, 0) is 36.0 Å². The third kappa shape index (κ3) is 5.04. The van der Waals surface area contributed by atoms with Gasteiger partial charge in [0.1, 0.15) is 6.04 Å². The molecule has 2 amide bonds. The van der Waals surface area contributed by atoms with Crippen molar-refractivity contribution in [1.29, 1.82) is 0 Å². The van der Waals surface area contributed by atoms with Gasteiger partial charge in [-0.1, -0.05) is 39.3 Å². The summed E-state index contributed by atoms with van der Waals surface area (Å²) in [5, 5.41) is 0. The lowest BCUT2D eigenvalue weighted by Gasteiger charge is -2.32. The summed E-state index contributed by atoms with van der Waals surface area (Å²) in [4.78, 5) is 24.6. The van der Waals surface area contributed by atoms with Crippen molar-refractivity contribution in [2.45, 2.75) is 51.5 Å². The van der Waals surface area contributed by atoms with E-state index < -0.39 is 27.9 Å². The van der Waals surface area contributed by atoms with E-state index in [1.165, 1.54) is 4.31 Å². The van der Waals surface area contributed by atoms with Crippen LogP contribution in [0.15, 0.2) is 24.3 Å². The third-order valence-corrected chi connectivity index (χ3v) is 5.78. The van der Waals surface area contributed by atoms with Crippen LogP contribution in [0.1, 0.15) is 56.0 Å². The molecule has 1 heterocycles. The zero-order valence-electron chi connectivity index (χ0n) is 15.7. The van der Waals surface area contributed by atoms with Crippen LogP contribution in [0, 0.1) is 0 Å². The molecule has 0 spiro atoms. The van der Waals surface area contributed by atoms with Crippen LogP contribution in [0.4, 0.5) is 0 Å². The zero-order chi connectivity index (χ0) is 19.5. The maximum atomic E-state index is 12.3. The quantitative estimate of drug-likeness (QED) is 0.777. The second kappa shape index (κ2) is 7.75. The van der Waals surface area contributed by atoms with Gasteiger partial charge in [0.25, 0.3) is 11.8 Å². The van der Waals surface area contributed by atoms with Gasteiger partial charge < -0.3 is 0 Å². The Balaban J connectivity index is 1.99. The van der Waals surface area contributed by atoms with Crippen molar-refractivity contribution in [3.63, 3.8) is 0 Å². The molecule has 2 N–H and O–H groups in total. The lowest BCUT2D eigenvalue weighted by Crippen LogP contribution is -2.55. The maximum Gasteiger partial charge on any atom is 0.269 e. The summed E-state index contributed by atoms with van der Waals surface area (Å²) < 4.78 is 24.9. The minimum atomic E-state index is -3.47. The van der Waals surface area contributed by atoms with Crippen LogP contribution in [-0.4, -0.2) is 43.4 Å². The second-order valence-corrected chi connectivity index (χ2v) is 9.59. The number of carbonyl (C=O) groups is 2. The largest absolute Gasteiger partial charge is 0.271 e. The zero-order valence-corrected chi connectivity index (χ0v) is 16.5. The Kier molecular flexibility index (Phi) is 6.08. The first-order chi connectivity index (χ1) is 12.0. The molecule has 0 saturated carbocycles. The molecule has 26 heavy (non-hydrogen) atoms. The molecule has 1 saturated heterocycles. The standard InChI is InChI=1S/C18H27N3O4S/c1-18(2,3)14-10-8-13(9-11-14)16(22)19-20-17(23)15-7-5-6-12-21(15)26(4,24)25/h8-11,15H,5-7,12H2,1-4H3,(H,19,22)(H,20,23)/t15-/m1/s1. The Bertz CT molecular complexity index is 767. The van der Waals surface area contributed by atoms with Gasteiger partial charge in [-0.2, -0.15) is 4.31 Å². The van der Waals surface area contributed by atoms with E-state index >= 15 is 0 Å². The second-order valence-electron chi connectivity index (χ2n) is 7.66. The molecule has 2 rings (SSSR count). The molecule has 0 aromatic heterocycles. The number of amides is 2. The molecule has 1 aliphatic rings. The van der Waals surface area contributed by atoms with Gasteiger partial charge in [0.05, 0.1) is 6.26 Å². The molecular weight excluding hydrogens is 354 g/mol. The Morgan fingerprint density at radius 1 is 1.08 bits per heavy atom. The minimum Gasteiger partial charge on any atom is -0.271 e. The van der Waals surface area contributed by atoms with Gasteiger partial charge >= 0.3 is 0 Å². The van der Waals surface area contributed by atoms with Gasteiger partial charge in [-0.15, -0.1) is 0 Å². The number of hydrogen-bond acceptors (Lipinski definition) is 4. The van der Waals surface area contributed by atoms with Gasteiger partial charge in [-0.3, -0.25) is 20.4 Å². The molecule has 1 atom stereocenters. The van der Waals surface area contributed by atoms with Crippen molar-refractivity contribution in [1.82, 2.24) is 15.2 Å². The Morgan fingerprint density at radius 2 is 1.69 bits per heavy atom. The van der Waals surface area contributed by atoms with Crippen LogP contribution in [0.25, 0.3) is 0 Å². The lowest BCUT2D eigenvalue weighted by molar-refractivity contribution is -0.126. The number of nitrogens with one attached hydrogen (secondary N) is 2. The summed E-state index contributed by atoms with van der Waals surface area (Å²) in [7, 11) is -3.47. The number of benzene rings is 1. The molecule has 8 heteroatoms. The summed E-state index contributed by atoms with van der Waals surface area (Å²) in [5.41, 5.74) is 6.22. The van der Waals surface area contributed by atoms with Crippen molar-refractivity contribution in [3.05, 3.63) is 35.4 Å². The predicted octanol–water partition coefficient (Wildman–Crippen LogP) is 1.56. The summed E-state index contributed by atoms with van der Waals surface area (Å²) in [6.45, 7) is 6.57. The van der Waals surface area contributed by atoms with Crippen LogP contribution < -0.4 is 10.9 Å². The monoisotopic (exact) mass is 381 g/mol. The Morgan fingerprint density at radius 3 is 2.23 bits per heavy atom. The number of carbonyl (C=O) groups excluding carboxylic acids is 2. The summed E-state index contributed by atoms with van der Waals surface area (Å²) in [6, 6.07) is 6.37. The lowest BCUT2D eigenvalue weighted by atomic mass is 9.87. The predicted molar refractivity (Wildman–Crippen MR) is 99.9 cm³/mol. The van der Waals surface area contributed by atoms with E-state index in [0.29, 0.717) is 18.5 Å². The number of rotatable bonds is 3. The molecule has 0 aliphatic carbocycles. The van der Waals surface area contributed by atoms with E-state index in [1.54, 1.807) is 12.1 Å². The number of nitrogens with zero attached hydrogens (tertiary/aromatic N) is 1. The molecule has 1 aromatic rings. The van der Waals surface area contributed by atoms with E-state index in [0.717, 1.165) is 24.7 Å². The topological polar surface area (TPSA) is 95.6 Å². The Labute approximate surface area is 155 Å². The van der Waals surface area contributed by atoms with Crippen LogP contribution in [-0.2, 0) is 20.2 Å². The fourth-order valence-corrected chi connectivity index (χ4v) is 4.08. The van der Waals surface area contributed by atoms with Crippen LogP contribution in [0.5, 0.6) is 0 Å². The summed E-state index contributed by atoms with van der Waals surface area (Å²) >= 11 is 0. The van der Waals surface area contributed by atoms with Crippen molar-refractivity contribution in [2.75, 3.05) is 12.8 Å². The SMILES string of the molecule is CC(C)(C)c1ccc(C(=O)NNC(=O)[C@H]2CCCCN2S(C)(=O)=O)cc1. The number of sulfonamides is 1. The fraction of sp³-hybridized carbons (Fsp3) is 0.556. The van der Waals surface area contributed by atoms with E-state index in [-0.39, 0.29) is 5.41 Å². The molecular formula is C18H27N3O4S. The first-order valence-electron chi connectivity index (χ1n) is 8.68. The third-order valence-electron chi connectivity index (χ3n) is 4.49. The molecule has 7 nitrogen and oxygen atoms in total. The minimum absolute atomic E-state index is 0.0146. The van der Waals surface area contributed by atoms with E-state index in [1.807, 2.05) is 12.1 Å². The van der Waals surface area contributed by atoms with Crippen LogP contribution in [0.2, 0.25) is 0 Å². The number of hydrazine groups is 1. The van der Waals surface area contributed by atoms with E-state index in [2.05, 4.69) is 31.6 Å². The molecule has 0 radical (unpaired) electrons. The van der Waals surface area contributed by atoms with E-state index in [4.69, 9.17) is 0 Å². The summed E-state index contributed by atoms with van der Waals surface area (Å²) in [6.07, 6.45) is 3.03.